The highest BCUT2D eigenvalue weighted by Gasteiger charge is 2.21. The van der Waals surface area contributed by atoms with Crippen LogP contribution in [0.5, 0.6) is 0 Å². The van der Waals surface area contributed by atoms with E-state index in [0.29, 0.717) is 19.6 Å². The van der Waals surface area contributed by atoms with E-state index in [1.54, 1.807) is 4.90 Å². The molecule has 1 aliphatic rings. The number of amides is 2. The Labute approximate surface area is 123 Å². The summed E-state index contributed by atoms with van der Waals surface area (Å²) in [4.78, 5) is 13.5. The smallest absolute Gasteiger partial charge is 0.321 e. The van der Waals surface area contributed by atoms with Crippen molar-refractivity contribution >= 4 is 17.4 Å². The van der Waals surface area contributed by atoms with Gasteiger partial charge in [-0.3, -0.25) is 10.00 Å². The van der Waals surface area contributed by atoms with Crippen LogP contribution in [-0.4, -0.2) is 29.3 Å². The van der Waals surface area contributed by atoms with Gasteiger partial charge in [-0.25, -0.2) is 4.79 Å². The Morgan fingerprint density at radius 2 is 2.24 bits per heavy atom. The Kier molecular flexibility index (Phi) is 3.51. The summed E-state index contributed by atoms with van der Waals surface area (Å²) in [5, 5.41) is 13.4. The van der Waals surface area contributed by atoms with Gasteiger partial charge in [-0.2, -0.15) is 5.10 Å². The van der Waals surface area contributed by atoms with Gasteiger partial charge in [0.1, 0.15) is 0 Å². The summed E-state index contributed by atoms with van der Waals surface area (Å²) in [5.74, 6) is 0. The molecule has 2 amide bonds. The maximum absolute atomic E-state index is 11.7. The second-order valence-corrected chi connectivity index (χ2v) is 5.20. The maximum atomic E-state index is 11.7. The third-order valence-corrected chi connectivity index (χ3v) is 3.76. The van der Waals surface area contributed by atoms with E-state index in [0.717, 1.165) is 22.8 Å². The number of hydrogen-bond donors (Lipinski definition) is 3. The first-order valence-electron chi connectivity index (χ1n) is 7.05. The van der Waals surface area contributed by atoms with Crippen molar-refractivity contribution < 1.29 is 4.79 Å². The molecule has 6 heteroatoms. The van der Waals surface area contributed by atoms with Gasteiger partial charge in [-0.05, 0) is 32.0 Å². The number of urea groups is 1. The second-order valence-electron chi connectivity index (χ2n) is 5.20. The van der Waals surface area contributed by atoms with Gasteiger partial charge in [-0.15, -0.1) is 0 Å². The van der Waals surface area contributed by atoms with Crippen LogP contribution in [0, 0.1) is 13.8 Å². The van der Waals surface area contributed by atoms with E-state index in [9.17, 15) is 4.79 Å². The number of aromatic amines is 1. The van der Waals surface area contributed by atoms with Gasteiger partial charge in [-0.1, -0.05) is 6.07 Å². The summed E-state index contributed by atoms with van der Waals surface area (Å²) >= 11 is 0. The summed E-state index contributed by atoms with van der Waals surface area (Å²) in [6.07, 6.45) is 0. The van der Waals surface area contributed by atoms with Crippen LogP contribution in [-0.2, 0) is 6.54 Å². The third-order valence-electron chi connectivity index (χ3n) is 3.76. The van der Waals surface area contributed by atoms with Crippen LogP contribution in [0.15, 0.2) is 24.3 Å². The van der Waals surface area contributed by atoms with E-state index in [4.69, 9.17) is 0 Å². The largest absolute Gasteiger partial charge is 0.381 e. The van der Waals surface area contributed by atoms with E-state index < -0.39 is 0 Å². The lowest BCUT2D eigenvalue weighted by molar-refractivity contribution is 0.252. The molecule has 0 saturated carbocycles. The van der Waals surface area contributed by atoms with Crippen molar-refractivity contribution in [1.29, 1.82) is 0 Å². The molecular formula is C15H19N5O. The summed E-state index contributed by atoms with van der Waals surface area (Å²) in [7, 11) is 0. The van der Waals surface area contributed by atoms with Crippen molar-refractivity contribution in [1.82, 2.24) is 15.5 Å². The molecular weight excluding hydrogens is 266 g/mol. The molecule has 0 radical (unpaired) electrons. The van der Waals surface area contributed by atoms with Crippen molar-refractivity contribution in [2.24, 2.45) is 0 Å². The molecule has 0 atom stereocenters. The third kappa shape index (κ3) is 2.69. The lowest BCUT2D eigenvalue weighted by Crippen LogP contribution is -2.27. The summed E-state index contributed by atoms with van der Waals surface area (Å²) in [6.45, 7) is 6.13. The lowest BCUT2D eigenvalue weighted by atomic mass is 10.2. The Morgan fingerprint density at radius 1 is 1.38 bits per heavy atom. The Hall–Kier alpha value is -2.50. The average molecular weight is 285 g/mol. The van der Waals surface area contributed by atoms with Crippen LogP contribution in [0.3, 0.4) is 0 Å². The van der Waals surface area contributed by atoms with Crippen molar-refractivity contribution in [3.63, 3.8) is 0 Å². The van der Waals surface area contributed by atoms with Crippen molar-refractivity contribution in [2.45, 2.75) is 20.4 Å². The predicted octanol–water partition coefficient (Wildman–Crippen LogP) is 2.17. The van der Waals surface area contributed by atoms with Crippen molar-refractivity contribution in [3.8, 4) is 0 Å². The molecule has 21 heavy (non-hydrogen) atoms. The molecule has 3 rings (SSSR count). The van der Waals surface area contributed by atoms with Crippen LogP contribution < -0.4 is 15.5 Å². The highest BCUT2D eigenvalue weighted by atomic mass is 16.2. The Balaban J connectivity index is 1.73. The fourth-order valence-corrected chi connectivity index (χ4v) is 2.53. The van der Waals surface area contributed by atoms with Crippen LogP contribution in [0.4, 0.5) is 16.2 Å². The molecule has 1 aliphatic heterocycles. The molecule has 1 aromatic heterocycles. The minimum absolute atomic E-state index is 0.0336. The topological polar surface area (TPSA) is 73.1 Å². The van der Waals surface area contributed by atoms with E-state index in [-0.39, 0.29) is 6.03 Å². The monoisotopic (exact) mass is 285 g/mol. The lowest BCUT2D eigenvalue weighted by Gasteiger charge is -2.16. The highest BCUT2D eigenvalue weighted by Crippen LogP contribution is 2.22. The fraction of sp³-hybridized carbons (Fsp3) is 0.333. The van der Waals surface area contributed by atoms with Crippen LogP contribution in [0.25, 0.3) is 0 Å². The minimum atomic E-state index is -0.0336. The Bertz CT molecular complexity index is 644. The molecule has 6 nitrogen and oxygen atoms in total. The van der Waals surface area contributed by atoms with Crippen LogP contribution in [0.2, 0.25) is 0 Å². The molecule has 0 spiro atoms. The average Bonchev–Trinajstić information content (AvgIpc) is 3.04. The van der Waals surface area contributed by atoms with E-state index in [1.807, 2.05) is 38.1 Å². The first-order chi connectivity index (χ1) is 10.1. The number of aryl methyl sites for hydroxylation is 2. The summed E-state index contributed by atoms with van der Waals surface area (Å²) in [6, 6.07) is 7.87. The predicted molar refractivity (Wildman–Crippen MR) is 82.6 cm³/mol. The minimum Gasteiger partial charge on any atom is -0.381 e. The van der Waals surface area contributed by atoms with Gasteiger partial charge >= 0.3 is 6.03 Å². The molecule has 1 fully saturated rings. The quantitative estimate of drug-likeness (QED) is 0.806. The van der Waals surface area contributed by atoms with Gasteiger partial charge in [0.25, 0.3) is 0 Å². The number of hydrogen-bond acceptors (Lipinski definition) is 3. The molecule has 1 aromatic carbocycles. The fourth-order valence-electron chi connectivity index (χ4n) is 2.53. The van der Waals surface area contributed by atoms with E-state index >= 15 is 0 Å². The molecule has 0 aliphatic carbocycles. The summed E-state index contributed by atoms with van der Waals surface area (Å²) in [5.41, 5.74) is 5.17. The van der Waals surface area contributed by atoms with E-state index in [2.05, 4.69) is 20.8 Å². The van der Waals surface area contributed by atoms with Crippen LogP contribution >= 0.6 is 0 Å². The number of nitrogens with one attached hydrogen (secondary N) is 3. The maximum Gasteiger partial charge on any atom is 0.321 e. The number of H-pyrrole nitrogens is 1. The first kappa shape index (κ1) is 13.5. The molecule has 2 aromatic rings. The number of carbonyl (C=O) groups excluding carboxylic acids is 1. The van der Waals surface area contributed by atoms with E-state index in [1.165, 1.54) is 5.56 Å². The molecule has 110 valence electrons. The normalized spacial score (nSPS) is 14.4. The molecule has 3 N–H and O–H groups in total. The van der Waals surface area contributed by atoms with Crippen LogP contribution in [0.1, 0.15) is 17.0 Å². The Morgan fingerprint density at radius 3 is 2.90 bits per heavy atom. The van der Waals surface area contributed by atoms with Crippen molar-refractivity contribution in [2.75, 3.05) is 23.3 Å². The van der Waals surface area contributed by atoms with Gasteiger partial charge in [0.2, 0.25) is 0 Å². The molecule has 0 unspecified atom stereocenters. The molecule has 2 heterocycles. The standard InChI is InChI=1S/C15H19N5O/c1-10-14(11(2)19-18-10)9-17-12-4-3-5-13(8-12)20-7-6-16-15(20)21/h3-5,8,17H,6-7,9H2,1-2H3,(H,16,21)(H,18,19). The highest BCUT2D eigenvalue weighted by molar-refractivity contribution is 5.94. The van der Waals surface area contributed by atoms with Gasteiger partial charge in [0.05, 0.1) is 5.69 Å². The zero-order valence-corrected chi connectivity index (χ0v) is 12.2. The number of benzene rings is 1. The van der Waals surface area contributed by atoms with Gasteiger partial charge in [0.15, 0.2) is 0 Å². The number of rotatable bonds is 4. The van der Waals surface area contributed by atoms with Gasteiger partial charge < -0.3 is 10.6 Å². The van der Waals surface area contributed by atoms with Gasteiger partial charge in [0, 0.05) is 42.3 Å². The molecule has 0 bridgehead atoms. The van der Waals surface area contributed by atoms with Crippen molar-refractivity contribution in [3.05, 3.63) is 41.2 Å². The molecule has 1 saturated heterocycles. The number of anilines is 2. The SMILES string of the molecule is Cc1n[nH]c(C)c1CNc1cccc(N2CCNC2=O)c1. The zero-order chi connectivity index (χ0) is 14.8. The zero-order valence-electron chi connectivity index (χ0n) is 12.2. The first-order valence-corrected chi connectivity index (χ1v) is 7.05. The summed E-state index contributed by atoms with van der Waals surface area (Å²) < 4.78 is 0. The number of nitrogens with zero attached hydrogens (tertiary/aromatic N) is 2. The number of aromatic nitrogens is 2. The number of carbonyl (C=O) groups is 1. The second kappa shape index (κ2) is 5.47.